The lowest BCUT2D eigenvalue weighted by molar-refractivity contribution is -0.121. The molecule has 2 unspecified atom stereocenters. The van der Waals surface area contributed by atoms with Crippen molar-refractivity contribution in [1.29, 1.82) is 0 Å². The molecule has 1 aromatic rings. The maximum Gasteiger partial charge on any atom is 0.147 e. The van der Waals surface area contributed by atoms with Gasteiger partial charge in [0.25, 0.3) is 0 Å². The van der Waals surface area contributed by atoms with Crippen LogP contribution in [-0.2, 0) is 0 Å². The van der Waals surface area contributed by atoms with Gasteiger partial charge in [-0.25, -0.2) is 0 Å². The molecule has 0 bridgehead atoms. The van der Waals surface area contributed by atoms with Gasteiger partial charge in [-0.1, -0.05) is 18.2 Å². The van der Waals surface area contributed by atoms with Gasteiger partial charge >= 0.3 is 0 Å². The number of hydrogen-bond donors (Lipinski definition) is 0. The first-order valence-corrected chi connectivity index (χ1v) is 4.92. The van der Waals surface area contributed by atoms with Gasteiger partial charge in [-0.05, 0) is 12.1 Å². The van der Waals surface area contributed by atoms with Crippen molar-refractivity contribution in [2.45, 2.75) is 10.9 Å². The number of hydroxylamine groups is 2. The zero-order valence-electron chi connectivity index (χ0n) is 6.86. The molecule has 0 aromatic heterocycles. The van der Waals surface area contributed by atoms with E-state index in [9.17, 15) is 0 Å². The van der Waals surface area contributed by atoms with E-state index < -0.39 is 0 Å². The lowest BCUT2D eigenvalue weighted by atomic mass is 10.3. The lowest BCUT2D eigenvalue weighted by Crippen LogP contribution is -2.55. The average Bonchev–Trinajstić information content (AvgIpc) is 2.19. The molecule has 0 saturated carbocycles. The lowest BCUT2D eigenvalue weighted by Gasteiger charge is -2.39. The Morgan fingerprint density at radius 2 is 1.92 bits per heavy atom. The van der Waals surface area contributed by atoms with Crippen molar-refractivity contribution in [3.05, 3.63) is 30.3 Å². The van der Waals surface area contributed by atoms with E-state index in [4.69, 9.17) is 28.0 Å². The molecule has 2 nitrogen and oxygen atoms in total. The summed E-state index contributed by atoms with van der Waals surface area (Å²) < 4.78 is 0. The number of hydrogen-bond acceptors (Lipinski definition) is 2. The van der Waals surface area contributed by atoms with Crippen LogP contribution < -0.4 is 4.84 Å². The quantitative estimate of drug-likeness (QED) is 0.558. The molecule has 0 aliphatic carbocycles. The van der Waals surface area contributed by atoms with Crippen LogP contribution in [0.1, 0.15) is 0 Å². The van der Waals surface area contributed by atoms with Gasteiger partial charge in [0.15, 0.2) is 0 Å². The van der Waals surface area contributed by atoms with Crippen LogP contribution in [-0.4, -0.2) is 22.5 Å². The van der Waals surface area contributed by atoms with Crippen LogP contribution in [0.15, 0.2) is 30.3 Å². The van der Waals surface area contributed by atoms with Gasteiger partial charge < -0.3 is 4.84 Å². The molecule has 1 saturated heterocycles. The first-order chi connectivity index (χ1) is 6.27. The standard InChI is InChI=1S/C9H9Cl2NO/c10-8-6-12(9(8)11)13-7-4-2-1-3-5-7/h1-5,8-9H,6H2. The third-order valence-electron chi connectivity index (χ3n) is 1.89. The van der Waals surface area contributed by atoms with Crippen LogP contribution in [0, 0.1) is 0 Å². The van der Waals surface area contributed by atoms with Crippen LogP contribution in [0.25, 0.3) is 0 Å². The van der Waals surface area contributed by atoms with Crippen LogP contribution in [0.3, 0.4) is 0 Å². The molecule has 2 atom stereocenters. The second kappa shape index (κ2) is 3.74. The molecule has 1 aliphatic rings. The number of rotatable bonds is 2. The van der Waals surface area contributed by atoms with Gasteiger partial charge in [0.2, 0.25) is 0 Å². The zero-order chi connectivity index (χ0) is 9.26. The minimum absolute atomic E-state index is 0.00891. The van der Waals surface area contributed by atoms with Crippen LogP contribution >= 0.6 is 23.2 Å². The van der Waals surface area contributed by atoms with Crippen molar-refractivity contribution >= 4 is 23.2 Å². The fourth-order valence-corrected chi connectivity index (χ4v) is 1.57. The molecule has 0 amide bonds. The van der Waals surface area contributed by atoms with Crippen molar-refractivity contribution in [3.63, 3.8) is 0 Å². The van der Waals surface area contributed by atoms with Gasteiger partial charge in [-0.2, -0.15) is 0 Å². The monoisotopic (exact) mass is 217 g/mol. The Hall–Kier alpha value is -0.440. The molecule has 13 heavy (non-hydrogen) atoms. The van der Waals surface area contributed by atoms with Crippen molar-refractivity contribution in [2.75, 3.05) is 6.54 Å². The second-order valence-electron chi connectivity index (χ2n) is 2.89. The molecule has 0 N–H and O–H groups in total. The SMILES string of the molecule is ClC1CN(Oc2ccccc2)C1Cl. The summed E-state index contributed by atoms with van der Waals surface area (Å²) in [5, 5.41) is 1.65. The van der Waals surface area contributed by atoms with E-state index in [1.165, 1.54) is 0 Å². The Balaban J connectivity index is 1.93. The van der Waals surface area contributed by atoms with Gasteiger partial charge in [0.05, 0.1) is 11.9 Å². The summed E-state index contributed by atoms with van der Waals surface area (Å²) >= 11 is 11.7. The first kappa shape index (κ1) is 9.13. The Labute approximate surface area is 87.0 Å². The Morgan fingerprint density at radius 3 is 2.46 bits per heavy atom. The molecule has 0 spiro atoms. The predicted octanol–water partition coefficient (Wildman–Crippen LogP) is 2.47. The largest absolute Gasteiger partial charge is 0.404 e. The fraction of sp³-hybridized carbons (Fsp3) is 0.333. The molecule has 70 valence electrons. The summed E-state index contributed by atoms with van der Waals surface area (Å²) in [5.74, 6) is 0.789. The molecule has 1 aliphatic heterocycles. The molecule has 4 heteroatoms. The van der Waals surface area contributed by atoms with Gasteiger partial charge in [-0.3, -0.25) is 0 Å². The first-order valence-electron chi connectivity index (χ1n) is 4.05. The Kier molecular flexibility index (Phi) is 2.63. The third-order valence-corrected chi connectivity index (χ3v) is 2.92. The van der Waals surface area contributed by atoms with Crippen molar-refractivity contribution < 1.29 is 4.84 Å². The topological polar surface area (TPSA) is 12.5 Å². The molecule has 1 fully saturated rings. The zero-order valence-corrected chi connectivity index (χ0v) is 8.37. The number of nitrogens with zero attached hydrogens (tertiary/aromatic N) is 1. The minimum Gasteiger partial charge on any atom is -0.404 e. The number of alkyl halides is 2. The van der Waals surface area contributed by atoms with E-state index in [0.717, 1.165) is 5.75 Å². The normalized spacial score (nSPS) is 28.2. The third kappa shape index (κ3) is 1.90. The molecular weight excluding hydrogens is 209 g/mol. The van der Waals surface area contributed by atoms with Crippen LogP contribution in [0.5, 0.6) is 5.75 Å². The summed E-state index contributed by atoms with van der Waals surface area (Å²) in [6.45, 7) is 0.671. The highest BCUT2D eigenvalue weighted by Gasteiger charge is 2.38. The summed E-state index contributed by atoms with van der Waals surface area (Å²) in [6.07, 6.45) is 0. The van der Waals surface area contributed by atoms with Gasteiger partial charge in [0.1, 0.15) is 11.3 Å². The summed E-state index contributed by atoms with van der Waals surface area (Å²) in [7, 11) is 0. The molecule has 0 radical (unpaired) electrons. The van der Waals surface area contributed by atoms with E-state index >= 15 is 0 Å². The molecule has 2 rings (SSSR count). The van der Waals surface area contributed by atoms with E-state index in [-0.39, 0.29) is 10.9 Å². The second-order valence-corrected chi connectivity index (χ2v) is 3.90. The highest BCUT2D eigenvalue weighted by molar-refractivity contribution is 6.31. The Morgan fingerprint density at radius 1 is 1.23 bits per heavy atom. The van der Waals surface area contributed by atoms with E-state index in [2.05, 4.69) is 0 Å². The number of halogens is 2. The smallest absolute Gasteiger partial charge is 0.147 e. The molecular formula is C9H9Cl2NO. The molecule has 1 heterocycles. The average molecular weight is 218 g/mol. The van der Waals surface area contributed by atoms with Crippen molar-refractivity contribution in [3.8, 4) is 5.75 Å². The van der Waals surface area contributed by atoms with Crippen LogP contribution in [0.2, 0.25) is 0 Å². The summed E-state index contributed by atoms with van der Waals surface area (Å²) in [6, 6.07) is 9.52. The van der Waals surface area contributed by atoms with E-state index in [0.29, 0.717) is 6.54 Å². The van der Waals surface area contributed by atoms with Gasteiger partial charge in [0, 0.05) is 0 Å². The number of para-hydroxylation sites is 1. The number of benzene rings is 1. The van der Waals surface area contributed by atoms with E-state index in [1.807, 2.05) is 30.3 Å². The summed E-state index contributed by atoms with van der Waals surface area (Å²) in [5.41, 5.74) is -0.220. The maximum absolute atomic E-state index is 5.88. The van der Waals surface area contributed by atoms with Crippen LogP contribution in [0.4, 0.5) is 0 Å². The fourth-order valence-electron chi connectivity index (χ4n) is 1.11. The van der Waals surface area contributed by atoms with Gasteiger partial charge in [-0.15, -0.1) is 28.3 Å². The summed E-state index contributed by atoms with van der Waals surface area (Å²) in [4.78, 5) is 5.45. The molecule has 1 aromatic carbocycles. The van der Waals surface area contributed by atoms with Crippen molar-refractivity contribution in [2.24, 2.45) is 0 Å². The highest BCUT2D eigenvalue weighted by atomic mass is 35.5. The predicted molar refractivity (Wildman–Crippen MR) is 53.1 cm³/mol. The highest BCUT2D eigenvalue weighted by Crippen LogP contribution is 2.27. The Bertz CT molecular complexity index is 280. The van der Waals surface area contributed by atoms with Crippen molar-refractivity contribution in [1.82, 2.24) is 5.06 Å². The maximum atomic E-state index is 5.88. The minimum atomic E-state index is -0.220. The van der Waals surface area contributed by atoms with E-state index in [1.54, 1.807) is 5.06 Å².